The van der Waals surface area contributed by atoms with E-state index in [9.17, 15) is 4.39 Å². The van der Waals surface area contributed by atoms with Gasteiger partial charge in [-0.1, -0.05) is 41.1 Å². The van der Waals surface area contributed by atoms with Crippen molar-refractivity contribution in [2.45, 2.75) is 6.92 Å². The van der Waals surface area contributed by atoms with E-state index in [1.165, 1.54) is 12.1 Å². The number of alkyl halides is 1. The molecule has 10 heavy (non-hydrogen) atoms. The predicted molar refractivity (Wildman–Crippen MR) is 45.9 cm³/mol. The van der Waals surface area contributed by atoms with Crippen LogP contribution in [-0.4, -0.2) is 5.33 Å². The zero-order valence-corrected chi connectivity index (χ0v) is 7.44. The molecule has 0 amide bonds. The predicted octanol–water partition coefficient (Wildman–Crippen LogP) is 3.23. The van der Waals surface area contributed by atoms with Gasteiger partial charge in [0.1, 0.15) is 5.82 Å². The summed E-state index contributed by atoms with van der Waals surface area (Å²) in [4.78, 5) is 0. The van der Waals surface area contributed by atoms with Gasteiger partial charge in [-0.25, -0.2) is 4.39 Å². The summed E-state index contributed by atoms with van der Waals surface area (Å²) in [6.07, 6.45) is 0. The van der Waals surface area contributed by atoms with Crippen molar-refractivity contribution in [2.24, 2.45) is 0 Å². The first kappa shape index (κ1) is 9.63. The molecule has 0 spiro atoms. The summed E-state index contributed by atoms with van der Waals surface area (Å²) in [5.74, 6) is -0.178. The van der Waals surface area contributed by atoms with Gasteiger partial charge in [0.15, 0.2) is 0 Å². The third-order valence-corrected chi connectivity index (χ3v) is 0.733. The van der Waals surface area contributed by atoms with Gasteiger partial charge in [-0.15, -0.1) is 0 Å². The second kappa shape index (κ2) is 6.75. The maximum absolute atomic E-state index is 11.9. The molecule has 0 radical (unpaired) electrons. The normalized spacial score (nSPS) is 7.90. The van der Waals surface area contributed by atoms with E-state index in [-0.39, 0.29) is 5.82 Å². The Hall–Kier alpha value is -0.370. The first-order valence-corrected chi connectivity index (χ1v) is 4.20. The van der Waals surface area contributed by atoms with Crippen molar-refractivity contribution in [3.8, 4) is 0 Å². The van der Waals surface area contributed by atoms with Gasteiger partial charge in [-0.05, 0) is 12.1 Å². The number of hydrogen-bond acceptors (Lipinski definition) is 0. The summed E-state index contributed by atoms with van der Waals surface area (Å²) >= 11 is 3.15. The molecule has 0 aliphatic rings. The molecule has 0 saturated heterocycles. The Kier molecular flexibility index (Phi) is 6.50. The molecular formula is C8H10BrF. The Labute approximate surface area is 69.2 Å². The summed E-state index contributed by atoms with van der Waals surface area (Å²) in [6, 6.07) is 7.94. The van der Waals surface area contributed by atoms with Crippen LogP contribution in [-0.2, 0) is 0 Å². The van der Waals surface area contributed by atoms with Crippen LogP contribution in [0.4, 0.5) is 4.39 Å². The van der Waals surface area contributed by atoms with Crippen LogP contribution in [0.2, 0.25) is 0 Å². The van der Waals surface area contributed by atoms with Gasteiger partial charge in [0.25, 0.3) is 0 Å². The number of halogens is 2. The molecule has 0 aliphatic carbocycles. The lowest BCUT2D eigenvalue weighted by atomic mass is 10.4. The largest absolute Gasteiger partial charge is 0.207 e. The van der Waals surface area contributed by atoms with Crippen LogP contribution in [0.15, 0.2) is 30.3 Å². The van der Waals surface area contributed by atoms with Crippen molar-refractivity contribution in [1.82, 2.24) is 0 Å². The van der Waals surface area contributed by atoms with Crippen molar-refractivity contribution in [3.05, 3.63) is 36.1 Å². The van der Waals surface area contributed by atoms with Gasteiger partial charge in [0.2, 0.25) is 0 Å². The van der Waals surface area contributed by atoms with Gasteiger partial charge in [-0.3, -0.25) is 0 Å². The van der Waals surface area contributed by atoms with Crippen LogP contribution < -0.4 is 0 Å². The van der Waals surface area contributed by atoms with E-state index >= 15 is 0 Å². The summed E-state index contributed by atoms with van der Waals surface area (Å²) in [7, 11) is 0. The van der Waals surface area contributed by atoms with Crippen LogP contribution in [0.25, 0.3) is 0 Å². The highest BCUT2D eigenvalue weighted by Gasteiger charge is 1.77. The Morgan fingerprint density at radius 1 is 1.30 bits per heavy atom. The molecule has 0 unspecified atom stereocenters. The Morgan fingerprint density at radius 3 is 1.90 bits per heavy atom. The van der Waals surface area contributed by atoms with Crippen LogP contribution >= 0.6 is 15.9 Å². The molecule has 56 valence electrons. The Morgan fingerprint density at radius 2 is 1.70 bits per heavy atom. The highest BCUT2D eigenvalue weighted by molar-refractivity contribution is 9.09. The topological polar surface area (TPSA) is 0 Å². The molecule has 2 heteroatoms. The van der Waals surface area contributed by atoms with Gasteiger partial charge < -0.3 is 0 Å². The van der Waals surface area contributed by atoms with Gasteiger partial charge >= 0.3 is 0 Å². The van der Waals surface area contributed by atoms with Crippen LogP contribution in [0.1, 0.15) is 6.92 Å². The van der Waals surface area contributed by atoms with Crippen LogP contribution in [0.3, 0.4) is 0 Å². The molecule has 0 aromatic heterocycles. The third-order valence-electron chi connectivity index (χ3n) is 0.733. The SMILES string of the molecule is CCBr.Fc1ccccc1. The third kappa shape index (κ3) is 5.76. The minimum absolute atomic E-state index is 0.178. The summed E-state index contributed by atoms with van der Waals surface area (Å²) < 4.78 is 11.9. The van der Waals surface area contributed by atoms with Gasteiger partial charge in [0, 0.05) is 5.33 Å². The lowest BCUT2D eigenvalue weighted by Gasteiger charge is -1.78. The van der Waals surface area contributed by atoms with Crippen LogP contribution in [0, 0.1) is 5.82 Å². The zero-order valence-electron chi connectivity index (χ0n) is 5.85. The van der Waals surface area contributed by atoms with Crippen molar-refractivity contribution in [3.63, 3.8) is 0 Å². The van der Waals surface area contributed by atoms with E-state index in [1.807, 2.05) is 6.92 Å². The minimum atomic E-state index is -0.178. The maximum atomic E-state index is 11.9. The molecule has 0 nitrogen and oxygen atoms in total. The molecule has 0 bridgehead atoms. The molecule has 0 fully saturated rings. The van der Waals surface area contributed by atoms with E-state index in [0.29, 0.717) is 0 Å². The molecule has 0 heterocycles. The quantitative estimate of drug-likeness (QED) is 0.570. The first-order valence-electron chi connectivity index (χ1n) is 3.07. The second-order valence-electron chi connectivity index (χ2n) is 1.56. The molecule has 1 aromatic rings. The average Bonchev–Trinajstić information content (AvgIpc) is 1.91. The molecule has 1 rings (SSSR count). The van der Waals surface area contributed by atoms with Crippen molar-refractivity contribution in [2.75, 3.05) is 5.33 Å². The fourth-order valence-corrected chi connectivity index (χ4v) is 0.415. The van der Waals surface area contributed by atoms with E-state index in [2.05, 4.69) is 15.9 Å². The van der Waals surface area contributed by atoms with Crippen molar-refractivity contribution >= 4 is 15.9 Å². The molecule has 0 atom stereocenters. The number of benzene rings is 1. The summed E-state index contributed by atoms with van der Waals surface area (Å²) in [5, 5.41) is 1.06. The molecular weight excluding hydrogens is 195 g/mol. The smallest absolute Gasteiger partial charge is 0.123 e. The summed E-state index contributed by atoms with van der Waals surface area (Å²) in [5.41, 5.74) is 0. The first-order chi connectivity index (χ1) is 4.81. The average molecular weight is 205 g/mol. The van der Waals surface area contributed by atoms with Crippen LogP contribution in [0.5, 0.6) is 0 Å². The lowest BCUT2D eigenvalue weighted by molar-refractivity contribution is 0.628. The fourth-order valence-electron chi connectivity index (χ4n) is 0.415. The standard InChI is InChI=1S/C6H5F.C2H5Br/c7-6-4-2-1-3-5-6;1-2-3/h1-5H;2H2,1H3. The van der Waals surface area contributed by atoms with E-state index in [1.54, 1.807) is 18.2 Å². The van der Waals surface area contributed by atoms with E-state index < -0.39 is 0 Å². The van der Waals surface area contributed by atoms with Gasteiger partial charge in [-0.2, -0.15) is 0 Å². The second-order valence-corrected chi connectivity index (χ2v) is 2.68. The molecule has 0 aliphatic heterocycles. The fraction of sp³-hybridized carbons (Fsp3) is 0.250. The van der Waals surface area contributed by atoms with Crippen molar-refractivity contribution < 1.29 is 4.39 Å². The van der Waals surface area contributed by atoms with Gasteiger partial charge in [0.05, 0.1) is 0 Å². The lowest BCUT2D eigenvalue weighted by Crippen LogP contribution is -1.63. The van der Waals surface area contributed by atoms with E-state index in [0.717, 1.165) is 5.33 Å². The van der Waals surface area contributed by atoms with Crippen molar-refractivity contribution in [1.29, 1.82) is 0 Å². The molecule has 0 N–H and O–H groups in total. The maximum Gasteiger partial charge on any atom is 0.123 e. The van der Waals surface area contributed by atoms with E-state index in [4.69, 9.17) is 0 Å². The number of hydrogen-bond donors (Lipinski definition) is 0. The number of rotatable bonds is 0. The Bertz CT molecular complexity index is 151. The zero-order chi connectivity index (χ0) is 7.82. The highest BCUT2D eigenvalue weighted by Crippen LogP contribution is 1.91. The monoisotopic (exact) mass is 204 g/mol. The summed E-state index contributed by atoms with van der Waals surface area (Å²) in [6.45, 7) is 2.04. The molecule has 1 aromatic carbocycles. The minimum Gasteiger partial charge on any atom is -0.207 e. The Balaban J connectivity index is 0.000000236. The highest BCUT2D eigenvalue weighted by atomic mass is 79.9. The molecule has 0 saturated carbocycles.